The van der Waals surface area contributed by atoms with Crippen LogP contribution in [0.4, 0.5) is 0 Å². The SMILES string of the molecule is CCCN1CCc2cnc(CC3CC3)nc2C1. The Balaban J connectivity index is 1.73. The van der Waals surface area contributed by atoms with Crippen LogP contribution < -0.4 is 0 Å². The summed E-state index contributed by atoms with van der Waals surface area (Å²) in [4.78, 5) is 11.8. The third-order valence-corrected chi connectivity index (χ3v) is 3.78. The molecule has 0 saturated heterocycles. The van der Waals surface area contributed by atoms with Gasteiger partial charge in [0.2, 0.25) is 0 Å². The van der Waals surface area contributed by atoms with Crippen molar-refractivity contribution < 1.29 is 0 Å². The molecule has 1 saturated carbocycles. The third-order valence-electron chi connectivity index (χ3n) is 3.78. The summed E-state index contributed by atoms with van der Waals surface area (Å²) in [6.45, 7) is 5.64. The first-order valence-corrected chi connectivity index (χ1v) is 6.91. The molecule has 1 aromatic rings. The maximum absolute atomic E-state index is 4.77. The van der Waals surface area contributed by atoms with Crippen molar-refractivity contribution >= 4 is 0 Å². The molecule has 3 rings (SSSR count). The van der Waals surface area contributed by atoms with E-state index in [1.165, 1.54) is 43.6 Å². The van der Waals surface area contributed by atoms with E-state index in [-0.39, 0.29) is 0 Å². The molecule has 0 unspecified atom stereocenters. The minimum Gasteiger partial charge on any atom is -0.297 e. The largest absolute Gasteiger partial charge is 0.297 e. The van der Waals surface area contributed by atoms with E-state index in [2.05, 4.69) is 23.0 Å². The van der Waals surface area contributed by atoms with Crippen LogP contribution in [0.25, 0.3) is 0 Å². The highest BCUT2D eigenvalue weighted by Gasteiger charge is 2.24. The molecule has 0 atom stereocenters. The van der Waals surface area contributed by atoms with E-state index in [4.69, 9.17) is 4.98 Å². The monoisotopic (exact) mass is 231 g/mol. The molecule has 0 amide bonds. The number of aromatic nitrogens is 2. The lowest BCUT2D eigenvalue weighted by Crippen LogP contribution is -2.32. The predicted molar refractivity (Wildman–Crippen MR) is 67.7 cm³/mol. The molecule has 1 aromatic heterocycles. The van der Waals surface area contributed by atoms with E-state index >= 15 is 0 Å². The van der Waals surface area contributed by atoms with E-state index in [0.29, 0.717) is 0 Å². The predicted octanol–water partition coefficient (Wildman–Crippen LogP) is 2.20. The van der Waals surface area contributed by atoms with Gasteiger partial charge in [0.05, 0.1) is 5.69 Å². The lowest BCUT2D eigenvalue weighted by Gasteiger charge is -2.27. The second-order valence-electron chi connectivity index (χ2n) is 5.43. The molecule has 92 valence electrons. The molecule has 2 aliphatic rings. The van der Waals surface area contributed by atoms with Crippen LogP contribution in [-0.2, 0) is 19.4 Å². The Hall–Kier alpha value is -0.960. The first-order valence-electron chi connectivity index (χ1n) is 6.91. The highest BCUT2D eigenvalue weighted by Crippen LogP contribution is 2.31. The summed E-state index contributed by atoms with van der Waals surface area (Å²) in [5, 5.41) is 0. The molecule has 3 heteroatoms. The van der Waals surface area contributed by atoms with Gasteiger partial charge in [-0.25, -0.2) is 9.97 Å². The fourth-order valence-corrected chi connectivity index (χ4v) is 2.58. The highest BCUT2D eigenvalue weighted by atomic mass is 15.1. The van der Waals surface area contributed by atoms with E-state index in [1.807, 2.05) is 0 Å². The van der Waals surface area contributed by atoms with Gasteiger partial charge in [-0.15, -0.1) is 0 Å². The quantitative estimate of drug-likeness (QED) is 0.795. The zero-order valence-corrected chi connectivity index (χ0v) is 10.7. The molecular formula is C14H21N3. The standard InChI is InChI=1S/C14H21N3/c1-2-6-17-7-5-12-9-15-14(8-11-3-4-11)16-13(12)10-17/h9,11H,2-8,10H2,1H3. The zero-order valence-electron chi connectivity index (χ0n) is 10.7. The molecule has 1 aliphatic heterocycles. The van der Waals surface area contributed by atoms with Crippen molar-refractivity contribution in [2.75, 3.05) is 13.1 Å². The van der Waals surface area contributed by atoms with Crippen LogP contribution in [0.2, 0.25) is 0 Å². The molecule has 0 spiro atoms. The topological polar surface area (TPSA) is 29.0 Å². The molecule has 1 aliphatic carbocycles. The average Bonchev–Trinajstić information content (AvgIpc) is 3.13. The molecule has 0 N–H and O–H groups in total. The first-order chi connectivity index (χ1) is 8.35. The van der Waals surface area contributed by atoms with Gasteiger partial charge in [0, 0.05) is 25.7 Å². The van der Waals surface area contributed by atoms with Crippen molar-refractivity contribution in [3.63, 3.8) is 0 Å². The Labute approximate surface area is 103 Å². The Kier molecular flexibility index (Phi) is 3.10. The Morgan fingerprint density at radius 1 is 1.41 bits per heavy atom. The number of nitrogens with zero attached hydrogens (tertiary/aromatic N) is 3. The molecule has 0 aromatic carbocycles. The molecule has 1 fully saturated rings. The van der Waals surface area contributed by atoms with Crippen LogP contribution in [0.3, 0.4) is 0 Å². The van der Waals surface area contributed by atoms with Gasteiger partial charge in [-0.1, -0.05) is 6.92 Å². The van der Waals surface area contributed by atoms with Crippen LogP contribution in [0, 0.1) is 5.92 Å². The molecule has 17 heavy (non-hydrogen) atoms. The van der Waals surface area contributed by atoms with Gasteiger partial charge in [0.15, 0.2) is 0 Å². The first kappa shape index (κ1) is 11.1. The van der Waals surface area contributed by atoms with Gasteiger partial charge < -0.3 is 0 Å². The Morgan fingerprint density at radius 3 is 3.06 bits per heavy atom. The molecule has 2 heterocycles. The maximum atomic E-state index is 4.77. The van der Waals surface area contributed by atoms with Crippen LogP contribution in [0.15, 0.2) is 6.20 Å². The van der Waals surface area contributed by atoms with E-state index in [0.717, 1.165) is 31.1 Å². The van der Waals surface area contributed by atoms with Crippen LogP contribution >= 0.6 is 0 Å². The minimum atomic E-state index is 0.878. The van der Waals surface area contributed by atoms with Crippen molar-refractivity contribution in [3.8, 4) is 0 Å². The summed E-state index contributed by atoms with van der Waals surface area (Å²) in [6.07, 6.45) is 8.28. The summed E-state index contributed by atoms with van der Waals surface area (Å²) < 4.78 is 0. The molecule has 3 nitrogen and oxygen atoms in total. The summed E-state index contributed by atoms with van der Waals surface area (Å²) in [7, 11) is 0. The number of hydrogen-bond acceptors (Lipinski definition) is 3. The van der Waals surface area contributed by atoms with Gasteiger partial charge in [-0.05, 0) is 43.7 Å². The maximum Gasteiger partial charge on any atom is 0.128 e. The van der Waals surface area contributed by atoms with Crippen molar-refractivity contribution in [2.24, 2.45) is 5.92 Å². The fraction of sp³-hybridized carbons (Fsp3) is 0.714. The smallest absolute Gasteiger partial charge is 0.128 e. The van der Waals surface area contributed by atoms with E-state index in [1.54, 1.807) is 0 Å². The van der Waals surface area contributed by atoms with Crippen molar-refractivity contribution in [2.45, 2.75) is 45.6 Å². The number of rotatable bonds is 4. The number of fused-ring (bicyclic) bond motifs is 1. The number of hydrogen-bond donors (Lipinski definition) is 0. The van der Waals surface area contributed by atoms with Gasteiger partial charge in [-0.2, -0.15) is 0 Å². The second kappa shape index (κ2) is 4.73. The average molecular weight is 231 g/mol. The molecule has 0 radical (unpaired) electrons. The van der Waals surface area contributed by atoms with E-state index in [9.17, 15) is 0 Å². The normalized spacial score (nSPS) is 20.3. The van der Waals surface area contributed by atoms with Crippen LogP contribution in [-0.4, -0.2) is 28.0 Å². The lowest BCUT2D eigenvalue weighted by molar-refractivity contribution is 0.250. The van der Waals surface area contributed by atoms with Gasteiger partial charge in [0.25, 0.3) is 0 Å². The second-order valence-corrected chi connectivity index (χ2v) is 5.43. The summed E-state index contributed by atoms with van der Waals surface area (Å²) in [5.74, 6) is 1.95. The third kappa shape index (κ3) is 2.65. The summed E-state index contributed by atoms with van der Waals surface area (Å²) in [5.41, 5.74) is 2.66. The Morgan fingerprint density at radius 2 is 2.29 bits per heavy atom. The molecule has 0 bridgehead atoms. The van der Waals surface area contributed by atoms with Crippen LogP contribution in [0.1, 0.15) is 43.3 Å². The summed E-state index contributed by atoms with van der Waals surface area (Å²) in [6, 6.07) is 0. The minimum absolute atomic E-state index is 0.878. The van der Waals surface area contributed by atoms with Gasteiger partial charge in [-0.3, -0.25) is 4.90 Å². The van der Waals surface area contributed by atoms with E-state index < -0.39 is 0 Å². The Bertz CT molecular complexity index is 398. The van der Waals surface area contributed by atoms with Crippen molar-refractivity contribution in [3.05, 3.63) is 23.3 Å². The van der Waals surface area contributed by atoms with Crippen molar-refractivity contribution in [1.29, 1.82) is 0 Å². The summed E-state index contributed by atoms with van der Waals surface area (Å²) >= 11 is 0. The zero-order chi connectivity index (χ0) is 11.7. The fourth-order valence-electron chi connectivity index (χ4n) is 2.58. The molecular weight excluding hydrogens is 210 g/mol. The van der Waals surface area contributed by atoms with Gasteiger partial charge in [0.1, 0.15) is 5.82 Å². The van der Waals surface area contributed by atoms with Crippen LogP contribution in [0.5, 0.6) is 0 Å². The lowest BCUT2D eigenvalue weighted by atomic mass is 10.1. The van der Waals surface area contributed by atoms with Gasteiger partial charge >= 0.3 is 0 Å². The van der Waals surface area contributed by atoms with Crippen molar-refractivity contribution in [1.82, 2.24) is 14.9 Å². The highest BCUT2D eigenvalue weighted by molar-refractivity contribution is 5.20.